The molecule has 0 saturated heterocycles. The molecule has 1 heterocycles. The van der Waals surface area contributed by atoms with E-state index in [1.54, 1.807) is 37.2 Å². The third-order valence-electron chi connectivity index (χ3n) is 3.06. The van der Waals surface area contributed by atoms with Crippen molar-refractivity contribution in [1.82, 2.24) is 4.90 Å². The maximum Gasteiger partial charge on any atom is 0.335 e. The lowest BCUT2D eigenvalue weighted by Crippen LogP contribution is -2.42. The molecule has 18 heavy (non-hydrogen) atoms. The molecule has 1 aliphatic rings. The molecular weight excluding hydrogens is 232 g/mol. The number of carboxylic acid groups (broad SMARTS) is 1. The molecule has 2 rings (SSSR count). The summed E-state index contributed by atoms with van der Waals surface area (Å²) in [6, 6.07) is 4.85. The standard InChI is InChI=1S/C13H16N2O3/c1-14(2)13(18)15-7-3-4-9-8-10(12(16)17)5-6-11(9)15/h5-6,8H,3-4,7H2,1-2H3,(H,16,17). The van der Waals surface area contributed by atoms with E-state index in [-0.39, 0.29) is 11.6 Å². The number of hydrogen-bond acceptors (Lipinski definition) is 2. The number of aromatic carboxylic acids is 1. The predicted octanol–water partition coefficient (Wildman–Crippen LogP) is 1.82. The van der Waals surface area contributed by atoms with Crippen molar-refractivity contribution in [3.8, 4) is 0 Å². The highest BCUT2D eigenvalue weighted by atomic mass is 16.4. The SMILES string of the molecule is CN(C)C(=O)N1CCCc2cc(C(=O)O)ccc21. The average molecular weight is 248 g/mol. The molecule has 0 bridgehead atoms. The van der Waals surface area contributed by atoms with E-state index in [1.807, 2.05) is 0 Å². The Morgan fingerprint density at radius 2 is 2.06 bits per heavy atom. The lowest BCUT2D eigenvalue weighted by Gasteiger charge is -2.31. The Morgan fingerprint density at radius 1 is 1.33 bits per heavy atom. The van der Waals surface area contributed by atoms with Crippen LogP contribution in [0.2, 0.25) is 0 Å². The monoisotopic (exact) mass is 248 g/mol. The topological polar surface area (TPSA) is 60.9 Å². The number of anilines is 1. The highest BCUT2D eigenvalue weighted by Crippen LogP contribution is 2.28. The first kappa shape index (κ1) is 12.4. The molecule has 1 aliphatic heterocycles. The van der Waals surface area contributed by atoms with Crippen molar-refractivity contribution in [2.75, 3.05) is 25.5 Å². The van der Waals surface area contributed by atoms with E-state index < -0.39 is 5.97 Å². The summed E-state index contributed by atoms with van der Waals surface area (Å²) >= 11 is 0. The fourth-order valence-corrected chi connectivity index (χ4v) is 2.17. The molecule has 0 radical (unpaired) electrons. The lowest BCUT2D eigenvalue weighted by molar-refractivity contribution is 0.0697. The minimum absolute atomic E-state index is 0.0703. The van der Waals surface area contributed by atoms with Crippen molar-refractivity contribution in [3.05, 3.63) is 29.3 Å². The molecule has 1 N–H and O–H groups in total. The van der Waals surface area contributed by atoms with E-state index in [0.717, 1.165) is 24.1 Å². The second-order valence-electron chi connectivity index (χ2n) is 4.58. The van der Waals surface area contributed by atoms with Crippen molar-refractivity contribution in [1.29, 1.82) is 0 Å². The van der Waals surface area contributed by atoms with Crippen molar-refractivity contribution in [3.63, 3.8) is 0 Å². The number of nitrogens with zero attached hydrogens (tertiary/aromatic N) is 2. The Balaban J connectivity index is 2.39. The van der Waals surface area contributed by atoms with E-state index >= 15 is 0 Å². The number of rotatable bonds is 1. The van der Waals surface area contributed by atoms with Crippen molar-refractivity contribution in [2.24, 2.45) is 0 Å². The van der Waals surface area contributed by atoms with Crippen molar-refractivity contribution >= 4 is 17.7 Å². The minimum atomic E-state index is -0.936. The van der Waals surface area contributed by atoms with Gasteiger partial charge in [-0.05, 0) is 36.6 Å². The van der Waals surface area contributed by atoms with E-state index in [9.17, 15) is 9.59 Å². The largest absolute Gasteiger partial charge is 0.478 e. The molecule has 1 aromatic carbocycles. The third-order valence-corrected chi connectivity index (χ3v) is 3.06. The van der Waals surface area contributed by atoms with Crippen LogP contribution >= 0.6 is 0 Å². The number of urea groups is 1. The Labute approximate surface area is 106 Å². The van der Waals surface area contributed by atoms with Crippen molar-refractivity contribution in [2.45, 2.75) is 12.8 Å². The molecular formula is C13H16N2O3. The normalized spacial score (nSPS) is 14.0. The molecule has 0 spiro atoms. The third kappa shape index (κ3) is 2.16. The van der Waals surface area contributed by atoms with Gasteiger partial charge >= 0.3 is 12.0 Å². The highest BCUT2D eigenvalue weighted by Gasteiger charge is 2.24. The van der Waals surface area contributed by atoms with Gasteiger partial charge in [0.1, 0.15) is 0 Å². The molecule has 0 aliphatic carbocycles. The van der Waals surface area contributed by atoms with Crippen LogP contribution in [0.1, 0.15) is 22.3 Å². The number of fused-ring (bicyclic) bond motifs is 1. The van der Waals surface area contributed by atoms with Crippen LogP contribution in [-0.2, 0) is 6.42 Å². The fourth-order valence-electron chi connectivity index (χ4n) is 2.17. The summed E-state index contributed by atoms with van der Waals surface area (Å²) in [6.07, 6.45) is 1.67. The second kappa shape index (κ2) is 4.68. The van der Waals surface area contributed by atoms with E-state index in [1.165, 1.54) is 4.90 Å². The Kier molecular flexibility index (Phi) is 3.23. The molecule has 0 aromatic heterocycles. The van der Waals surface area contributed by atoms with Crippen LogP contribution in [-0.4, -0.2) is 42.6 Å². The number of carboxylic acids is 1. The average Bonchev–Trinajstić information content (AvgIpc) is 2.36. The van der Waals surface area contributed by atoms with Crippen LogP contribution in [0, 0.1) is 0 Å². The quantitative estimate of drug-likeness (QED) is 0.824. The van der Waals surface area contributed by atoms with Crippen LogP contribution in [0.25, 0.3) is 0 Å². The minimum Gasteiger partial charge on any atom is -0.478 e. The van der Waals surface area contributed by atoms with Gasteiger partial charge in [0, 0.05) is 26.3 Å². The van der Waals surface area contributed by atoms with Gasteiger partial charge in [0.05, 0.1) is 5.56 Å². The maximum absolute atomic E-state index is 12.0. The number of benzene rings is 1. The van der Waals surface area contributed by atoms with E-state index in [4.69, 9.17) is 5.11 Å². The molecule has 96 valence electrons. The first-order valence-electron chi connectivity index (χ1n) is 5.85. The zero-order valence-electron chi connectivity index (χ0n) is 10.5. The molecule has 5 heteroatoms. The summed E-state index contributed by atoms with van der Waals surface area (Å²) in [5.74, 6) is -0.936. The van der Waals surface area contributed by atoms with Crippen LogP contribution < -0.4 is 4.90 Å². The highest BCUT2D eigenvalue weighted by molar-refractivity contribution is 5.94. The van der Waals surface area contributed by atoms with Gasteiger partial charge in [0.15, 0.2) is 0 Å². The van der Waals surface area contributed by atoms with Gasteiger partial charge in [-0.2, -0.15) is 0 Å². The first-order chi connectivity index (χ1) is 8.50. The number of carbonyl (C=O) groups excluding carboxylic acids is 1. The van der Waals surface area contributed by atoms with Gasteiger partial charge in [-0.25, -0.2) is 9.59 Å². The summed E-state index contributed by atoms with van der Waals surface area (Å²) < 4.78 is 0. The lowest BCUT2D eigenvalue weighted by atomic mass is 9.99. The molecule has 1 aromatic rings. The fraction of sp³-hybridized carbons (Fsp3) is 0.385. The number of aryl methyl sites for hydroxylation is 1. The van der Waals surface area contributed by atoms with Gasteiger partial charge < -0.3 is 10.0 Å². The van der Waals surface area contributed by atoms with Crippen molar-refractivity contribution < 1.29 is 14.7 Å². The van der Waals surface area contributed by atoms with Gasteiger partial charge in [-0.1, -0.05) is 0 Å². The number of amides is 2. The smallest absolute Gasteiger partial charge is 0.335 e. The van der Waals surface area contributed by atoms with E-state index in [0.29, 0.717) is 6.54 Å². The summed E-state index contributed by atoms with van der Waals surface area (Å²) in [4.78, 5) is 26.2. The van der Waals surface area contributed by atoms with Gasteiger partial charge in [-0.15, -0.1) is 0 Å². The molecule has 0 unspecified atom stereocenters. The molecule has 0 fully saturated rings. The molecule has 5 nitrogen and oxygen atoms in total. The molecule has 2 amide bonds. The molecule has 0 saturated carbocycles. The summed E-state index contributed by atoms with van der Waals surface area (Å²) in [5.41, 5.74) is 2.02. The molecule has 0 atom stereocenters. The van der Waals surface area contributed by atoms with Crippen LogP contribution in [0.4, 0.5) is 10.5 Å². The van der Waals surface area contributed by atoms with Gasteiger partial charge in [0.2, 0.25) is 0 Å². The Bertz CT molecular complexity index is 497. The number of carbonyl (C=O) groups is 2. The summed E-state index contributed by atoms with van der Waals surface area (Å²) in [7, 11) is 3.42. The zero-order valence-corrected chi connectivity index (χ0v) is 10.5. The maximum atomic E-state index is 12.0. The Morgan fingerprint density at radius 3 is 2.67 bits per heavy atom. The second-order valence-corrected chi connectivity index (χ2v) is 4.58. The summed E-state index contributed by atoms with van der Waals surface area (Å²) in [5, 5.41) is 8.96. The van der Waals surface area contributed by atoms with Gasteiger partial charge in [0.25, 0.3) is 0 Å². The van der Waals surface area contributed by atoms with Crippen LogP contribution in [0.3, 0.4) is 0 Å². The summed E-state index contributed by atoms with van der Waals surface area (Å²) in [6.45, 7) is 0.677. The predicted molar refractivity (Wildman–Crippen MR) is 68.2 cm³/mol. The first-order valence-corrected chi connectivity index (χ1v) is 5.85. The van der Waals surface area contributed by atoms with Gasteiger partial charge in [-0.3, -0.25) is 4.90 Å². The zero-order chi connectivity index (χ0) is 13.3. The van der Waals surface area contributed by atoms with Crippen LogP contribution in [0.15, 0.2) is 18.2 Å². The number of hydrogen-bond donors (Lipinski definition) is 1. The Hall–Kier alpha value is -2.04. The van der Waals surface area contributed by atoms with E-state index in [2.05, 4.69) is 0 Å². The van der Waals surface area contributed by atoms with Crippen LogP contribution in [0.5, 0.6) is 0 Å².